The van der Waals surface area contributed by atoms with Crippen LogP contribution in [0.25, 0.3) is 33.3 Å². The molecular weight excluding hydrogens is 578 g/mol. The highest BCUT2D eigenvalue weighted by Gasteiger charge is 2.26. The number of carbonyl (C=O) groups excluding carboxylic acids is 3. The van der Waals surface area contributed by atoms with Crippen molar-refractivity contribution in [2.24, 2.45) is 0 Å². The van der Waals surface area contributed by atoms with E-state index in [1.165, 1.54) is 0 Å². The van der Waals surface area contributed by atoms with E-state index in [1.807, 2.05) is 41.4 Å². The molecule has 46 heavy (non-hydrogen) atoms. The first-order chi connectivity index (χ1) is 22.4. The van der Waals surface area contributed by atoms with Crippen LogP contribution in [0.3, 0.4) is 0 Å². The normalized spacial score (nSPS) is 13.4. The second kappa shape index (κ2) is 11.9. The Morgan fingerprint density at radius 3 is 2.72 bits per heavy atom. The van der Waals surface area contributed by atoms with Gasteiger partial charge < -0.3 is 20.1 Å². The molecule has 0 aliphatic carbocycles. The third-order valence-electron chi connectivity index (χ3n) is 8.52. The van der Waals surface area contributed by atoms with Crippen LogP contribution in [0, 0.1) is 11.8 Å². The second-order valence-corrected chi connectivity index (χ2v) is 11.3. The van der Waals surface area contributed by atoms with Crippen LogP contribution in [-0.2, 0) is 30.8 Å². The average Bonchev–Trinajstić information content (AvgIpc) is 3.65. The number of aromatic nitrogens is 4. The van der Waals surface area contributed by atoms with E-state index in [-0.39, 0.29) is 30.0 Å². The fraction of sp³-hybridized carbons (Fsp3) is 0.222. The summed E-state index contributed by atoms with van der Waals surface area (Å²) < 4.78 is 2.25. The van der Waals surface area contributed by atoms with Crippen molar-refractivity contribution in [1.82, 2.24) is 35.1 Å². The lowest BCUT2D eigenvalue weighted by Crippen LogP contribution is -2.37. The molecule has 2 aliphatic heterocycles. The summed E-state index contributed by atoms with van der Waals surface area (Å²) >= 11 is 0. The predicted molar refractivity (Wildman–Crippen MR) is 173 cm³/mol. The molecule has 2 aliphatic rings. The summed E-state index contributed by atoms with van der Waals surface area (Å²) in [6.07, 6.45) is 4.32. The first-order valence-corrected chi connectivity index (χ1v) is 15.3. The fourth-order valence-corrected chi connectivity index (χ4v) is 6.08. The first kappa shape index (κ1) is 28.9. The number of fused-ring (bicyclic) bond motifs is 3. The van der Waals surface area contributed by atoms with Crippen molar-refractivity contribution in [2.75, 3.05) is 13.1 Å². The van der Waals surface area contributed by atoms with Gasteiger partial charge in [-0.05, 0) is 47.3 Å². The molecule has 0 radical (unpaired) electrons. The molecule has 5 aromatic rings. The molecule has 7 rings (SSSR count). The number of hydrogen-bond donors (Lipinski definition) is 2. The Morgan fingerprint density at radius 1 is 1.02 bits per heavy atom. The van der Waals surface area contributed by atoms with Gasteiger partial charge in [0.1, 0.15) is 11.5 Å². The summed E-state index contributed by atoms with van der Waals surface area (Å²) in [5.41, 5.74) is 7.14. The van der Waals surface area contributed by atoms with Gasteiger partial charge in [0.2, 0.25) is 5.91 Å². The van der Waals surface area contributed by atoms with Crippen LogP contribution in [0.5, 0.6) is 0 Å². The number of imidazole rings is 1. The molecule has 0 spiro atoms. The summed E-state index contributed by atoms with van der Waals surface area (Å²) in [7, 11) is 0. The van der Waals surface area contributed by atoms with Crippen LogP contribution < -0.4 is 10.6 Å². The number of nitrogens with zero attached hydrogens (tertiary/aromatic N) is 5. The van der Waals surface area contributed by atoms with Crippen molar-refractivity contribution in [1.29, 1.82) is 0 Å². The number of nitrogens with one attached hydrogen (secondary N) is 2. The maximum absolute atomic E-state index is 12.7. The second-order valence-electron chi connectivity index (χ2n) is 11.3. The lowest BCUT2D eigenvalue weighted by molar-refractivity contribution is -0.130. The van der Waals surface area contributed by atoms with Gasteiger partial charge in [0.25, 0.3) is 11.8 Å². The molecule has 2 aromatic carbocycles. The molecule has 0 fully saturated rings. The zero-order chi connectivity index (χ0) is 31.8. The Kier molecular flexibility index (Phi) is 7.50. The van der Waals surface area contributed by atoms with Gasteiger partial charge in [-0.1, -0.05) is 37.0 Å². The standard InChI is InChI=1S/C36H31N7O3/c1-3-33-41-34(32-21-42(22(2)44)14-15-43(32)33)28-8-4-7-24-17-31(39-20-29(24)28)25-10-12-30(38-18-25)36(46)37-13-5-6-23-9-11-27-26(16-23)19-40-35(27)45/h4,7-12,16-18,20H,3,13-15,19,21H2,1-2H3,(H,37,46)(H,40,45). The third-order valence-corrected chi connectivity index (χ3v) is 8.52. The highest BCUT2D eigenvalue weighted by atomic mass is 16.2. The van der Waals surface area contributed by atoms with Gasteiger partial charge in [-0.3, -0.25) is 24.4 Å². The monoisotopic (exact) mass is 609 g/mol. The van der Waals surface area contributed by atoms with E-state index in [1.54, 1.807) is 31.3 Å². The quantitative estimate of drug-likeness (QED) is 0.289. The number of benzene rings is 2. The van der Waals surface area contributed by atoms with E-state index < -0.39 is 0 Å². The third kappa shape index (κ3) is 5.37. The minimum absolute atomic E-state index is 0.0653. The maximum atomic E-state index is 12.7. The lowest BCUT2D eigenvalue weighted by atomic mass is 10.0. The van der Waals surface area contributed by atoms with E-state index >= 15 is 0 Å². The van der Waals surface area contributed by atoms with Gasteiger partial charge >= 0.3 is 0 Å². The number of amides is 3. The maximum Gasteiger partial charge on any atom is 0.270 e. The van der Waals surface area contributed by atoms with Gasteiger partial charge in [0.15, 0.2) is 0 Å². The Hall–Kier alpha value is -5.82. The molecule has 0 saturated carbocycles. The predicted octanol–water partition coefficient (Wildman–Crippen LogP) is 4.11. The summed E-state index contributed by atoms with van der Waals surface area (Å²) in [5.74, 6) is 6.68. The van der Waals surface area contributed by atoms with Crippen LogP contribution >= 0.6 is 0 Å². The number of hydrogen-bond acceptors (Lipinski definition) is 6. The van der Waals surface area contributed by atoms with E-state index in [4.69, 9.17) is 9.97 Å². The van der Waals surface area contributed by atoms with Crippen LogP contribution in [0.1, 0.15) is 57.3 Å². The SMILES string of the molecule is CCc1nc(-c2cccc3cc(-c4ccc(C(=O)NCC#Cc5ccc6c(c5)CNC6=O)nc4)ncc23)c2n1CCN(C(C)=O)C2. The molecule has 228 valence electrons. The van der Waals surface area contributed by atoms with Crippen molar-refractivity contribution in [3.63, 3.8) is 0 Å². The van der Waals surface area contributed by atoms with Crippen molar-refractivity contribution < 1.29 is 14.4 Å². The number of carbonyl (C=O) groups is 3. The average molecular weight is 610 g/mol. The Morgan fingerprint density at radius 2 is 1.91 bits per heavy atom. The molecule has 3 amide bonds. The van der Waals surface area contributed by atoms with Crippen LogP contribution in [-0.4, -0.2) is 55.2 Å². The highest BCUT2D eigenvalue weighted by molar-refractivity contribution is 5.99. The smallest absolute Gasteiger partial charge is 0.270 e. The molecule has 0 bridgehead atoms. The number of rotatable bonds is 5. The Balaban J connectivity index is 1.07. The van der Waals surface area contributed by atoms with Gasteiger partial charge in [-0.2, -0.15) is 0 Å². The number of aryl methyl sites for hydroxylation is 1. The van der Waals surface area contributed by atoms with E-state index in [2.05, 4.69) is 45.0 Å². The van der Waals surface area contributed by atoms with Crippen LogP contribution in [0.15, 0.2) is 67.0 Å². The van der Waals surface area contributed by atoms with Crippen molar-refractivity contribution >= 4 is 28.5 Å². The van der Waals surface area contributed by atoms with Gasteiger partial charge in [0.05, 0.1) is 30.2 Å². The first-order valence-electron chi connectivity index (χ1n) is 15.3. The lowest BCUT2D eigenvalue weighted by Gasteiger charge is -2.28. The molecule has 0 atom stereocenters. The summed E-state index contributed by atoms with van der Waals surface area (Å²) in [6, 6.07) is 17.1. The molecule has 5 heterocycles. The van der Waals surface area contributed by atoms with Crippen molar-refractivity contribution in [3.05, 3.63) is 101 Å². The molecule has 10 nitrogen and oxygen atoms in total. The van der Waals surface area contributed by atoms with Gasteiger partial charge in [-0.25, -0.2) is 4.98 Å². The fourth-order valence-electron chi connectivity index (χ4n) is 6.08. The minimum Gasteiger partial charge on any atom is -0.348 e. The topological polar surface area (TPSA) is 122 Å². The summed E-state index contributed by atoms with van der Waals surface area (Å²) in [6.45, 7) is 6.35. The molecule has 2 N–H and O–H groups in total. The molecule has 3 aromatic heterocycles. The zero-order valence-corrected chi connectivity index (χ0v) is 25.6. The Labute approximate surface area is 265 Å². The summed E-state index contributed by atoms with van der Waals surface area (Å²) in [4.78, 5) is 52.6. The molecule has 0 unspecified atom stereocenters. The van der Waals surface area contributed by atoms with E-state index in [0.29, 0.717) is 25.2 Å². The number of pyridine rings is 2. The van der Waals surface area contributed by atoms with Gasteiger partial charge in [-0.15, -0.1) is 0 Å². The Bertz CT molecular complexity index is 2100. The van der Waals surface area contributed by atoms with E-state index in [0.717, 1.165) is 68.9 Å². The molecule has 10 heteroatoms. The molecular formula is C36H31N7O3. The summed E-state index contributed by atoms with van der Waals surface area (Å²) in [5, 5.41) is 7.56. The largest absolute Gasteiger partial charge is 0.348 e. The van der Waals surface area contributed by atoms with Crippen molar-refractivity contribution in [3.8, 4) is 34.4 Å². The van der Waals surface area contributed by atoms with Crippen LogP contribution in [0.4, 0.5) is 0 Å². The zero-order valence-electron chi connectivity index (χ0n) is 25.6. The van der Waals surface area contributed by atoms with Gasteiger partial charge in [0, 0.05) is 73.0 Å². The highest BCUT2D eigenvalue weighted by Crippen LogP contribution is 2.34. The van der Waals surface area contributed by atoms with Crippen molar-refractivity contribution in [2.45, 2.75) is 39.9 Å². The van der Waals surface area contributed by atoms with E-state index in [9.17, 15) is 14.4 Å². The molecule has 0 saturated heterocycles. The van der Waals surface area contributed by atoms with Crippen LogP contribution in [0.2, 0.25) is 0 Å². The minimum atomic E-state index is -0.320.